The zero-order valence-electron chi connectivity index (χ0n) is 24.3. The molecule has 0 saturated heterocycles. The van der Waals surface area contributed by atoms with Crippen molar-refractivity contribution >= 4 is 34.3 Å². The number of thioether (sulfide) groups is 1. The second-order valence-corrected chi connectivity index (χ2v) is 12.4. The maximum absolute atomic E-state index is 9.17. The summed E-state index contributed by atoms with van der Waals surface area (Å²) in [6, 6.07) is 16.1. The van der Waals surface area contributed by atoms with Crippen LogP contribution in [0.4, 0.5) is 0 Å². The molecule has 3 rings (SSSR count). The second-order valence-electron chi connectivity index (χ2n) is 11.1. The molecule has 0 unspecified atom stereocenters. The number of nitrogens with zero attached hydrogens (tertiary/aromatic N) is 1. The molecule has 0 radical (unpaired) electrons. The Hall–Kier alpha value is -2.49. The van der Waals surface area contributed by atoms with Crippen LogP contribution in [0.5, 0.6) is 11.5 Å². The van der Waals surface area contributed by atoms with Gasteiger partial charge in [0.1, 0.15) is 11.5 Å². The van der Waals surface area contributed by atoms with E-state index < -0.39 is 0 Å². The van der Waals surface area contributed by atoms with Crippen molar-refractivity contribution in [2.24, 2.45) is 15.8 Å². The van der Waals surface area contributed by atoms with Gasteiger partial charge in [0.2, 0.25) is 0 Å². The van der Waals surface area contributed by atoms with Gasteiger partial charge < -0.3 is 30.5 Å². The molecule has 0 spiro atoms. The number of hydrogen-bond acceptors (Lipinski definition) is 7. The third kappa shape index (κ3) is 14.8. The minimum absolute atomic E-state index is 0. The molecule has 0 aromatic heterocycles. The molecular formula is C32H54N4O3S2. The summed E-state index contributed by atoms with van der Waals surface area (Å²) in [6.45, 7) is 11.8. The van der Waals surface area contributed by atoms with Gasteiger partial charge in [-0.1, -0.05) is 90.7 Å². The number of aliphatic hydroxyl groups excluding tert-OH is 1. The lowest BCUT2D eigenvalue weighted by atomic mass is 9.95. The lowest BCUT2D eigenvalue weighted by molar-refractivity contribution is 0.162. The number of amidine groups is 1. The predicted molar refractivity (Wildman–Crippen MR) is 183 cm³/mol. The molecule has 1 heterocycles. The third-order valence-electron chi connectivity index (χ3n) is 6.14. The van der Waals surface area contributed by atoms with Gasteiger partial charge in [-0.3, -0.25) is 4.99 Å². The van der Waals surface area contributed by atoms with Crippen molar-refractivity contribution in [2.75, 3.05) is 52.8 Å². The summed E-state index contributed by atoms with van der Waals surface area (Å²) in [7, 11) is 3.39. The van der Waals surface area contributed by atoms with E-state index in [9.17, 15) is 5.11 Å². The van der Waals surface area contributed by atoms with Gasteiger partial charge in [-0.2, -0.15) is 0 Å². The Labute approximate surface area is 259 Å². The van der Waals surface area contributed by atoms with E-state index in [-0.39, 0.29) is 26.9 Å². The lowest BCUT2D eigenvalue weighted by Gasteiger charge is -2.27. The first-order valence-corrected chi connectivity index (χ1v) is 14.8. The summed E-state index contributed by atoms with van der Waals surface area (Å²) in [5.41, 5.74) is 2.55. The minimum atomic E-state index is -0.172. The van der Waals surface area contributed by atoms with Crippen LogP contribution in [-0.2, 0) is 12.8 Å². The number of methoxy groups -OCH3 is 2. The average molecular weight is 607 g/mol. The summed E-state index contributed by atoms with van der Waals surface area (Å²) in [6.07, 6.45) is 1.79. The molecule has 2 aromatic carbocycles. The van der Waals surface area contributed by atoms with E-state index in [1.54, 1.807) is 14.2 Å². The van der Waals surface area contributed by atoms with Crippen LogP contribution >= 0.6 is 24.0 Å². The van der Waals surface area contributed by atoms with Crippen molar-refractivity contribution in [2.45, 2.75) is 55.4 Å². The largest absolute Gasteiger partial charge is 0.496 e. The van der Waals surface area contributed by atoms with Crippen LogP contribution in [0, 0.1) is 10.8 Å². The molecule has 0 aliphatic carbocycles. The zero-order chi connectivity index (χ0) is 28.7. The van der Waals surface area contributed by atoms with Gasteiger partial charge in [0.05, 0.1) is 14.2 Å². The molecule has 0 bridgehead atoms. The quantitative estimate of drug-likeness (QED) is 0.234. The van der Waals surface area contributed by atoms with Gasteiger partial charge in [0.25, 0.3) is 0 Å². The Bertz CT molecular complexity index is 1060. The number of aliphatic imine (C=N–C) groups is 1. The van der Waals surface area contributed by atoms with Crippen molar-refractivity contribution in [3.63, 3.8) is 0 Å². The summed E-state index contributed by atoms with van der Waals surface area (Å²) >= 11 is 7.03. The van der Waals surface area contributed by atoms with Crippen LogP contribution in [0.25, 0.3) is 0 Å². The number of para-hydroxylation sites is 2. The summed E-state index contributed by atoms with van der Waals surface area (Å²) in [5.74, 6) is 2.99. The molecule has 0 fully saturated rings. The standard InChI is InChI=1S/C15H24N2O2S.C15H22N2OS.2CH4/c1-15(2,11-18)10-17-14(20)16-9-8-12-6-4-5-7-13(12)19-3;1-15(2)10-17-14(19-11-15)16-9-8-12-6-4-5-7-13(12)18-3;;/h4-7,18H,8-11H2,1-3H3,(H2,16,17,20);4-7H,8-11H2,1-3H3,(H,16,17);2*1H4. The molecule has 41 heavy (non-hydrogen) atoms. The highest BCUT2D eigenvalue weighted by Crippen LogP contribution is 2.27. The van der Waals surface area contributed by atoms with Crippen molar-refractivity contribution in [1.82, 2.24) is 16.0 Å². The van der Waals surface area contributed by atoms with Crippen molar-refractivity contribution in [3.8, 4) is 11.5 Å². The fraction of sp³-hybridized carbons (Fsp3) is 0.562. The van der Waals surface area contributed by atoms with Crippen LogP contribution in [0.3, 0.4) is 0 Å². The first-order chi connectivity index (χ1) is 18.6. The molecule has 9 heteroatoms. The highest BCUT2D eigenvalue weighted by atomic mass is 32.2. The maximum Gasteiger partial charge on any atom is 0.166 e. The molecule has 1 aliphatic rings. The molecule has 1 aliphatic heterocycles. The third-order valence-corrected chi connectivity index (χ3v) is 7.90. The molecule has 4 N–H and O–H groups in total. The molecule has 0 amide bonds. The molecule has 0 saturated carbocycles. The Morgan fingerprint density at radius 2 is 1.49 bits per heavy atom. The zero-order valence-corrected chi connectivity index (χ0v) is 25.9. The van der Waals surface area contributed by atoms with Gasteiger partial charge >= 0.3 is 0 Å². The number of nitrogens with one attached hydrogen (secondary N) is 3. The van der Waals surface area contributed by atoms with E-state index in [4.69, 9.17) is 21.7 Å². The van der Waals surface area contributed by atoms with Crippen LogP contribution < -0.4 is 25.4 Å². The van der Waals surface area contributed by atoms with Gasteiger partial charge in [0, 0.05) is 44.0 Å². The topological polar surface area (TPSA) is 87.1 Å². The fourth-order valence-electron chi connectivity index (χ4n) is 3.62. The van der Waals surface area contributed by atoms with E-state index in [0.29, 0.717) is 17.1 Å². The summed E-state index contributed by atoms with van der Waals surface area (Å²) in [4.78, 5) is 4.59. The van der Waals surface area contributed by atoms with Gasteiger partial charge in [-0.25, -0.2) is 0 Å². The lowest BCUT2D eigenvalue weighted by Crippen LogP contribution is -2.42. The van der Waals surface area contributed by atoms with E-state index >= 15 is 0 Å². The van der Waals surface area contributed by atoms with E-state index in [1.165, 1.54) is 5.56 Å². The first kappa shape index (κ1) is 38.5. The summed E-state index contributed by atoms with van der Waals surface area (Å²) in [5, 5.41) is 20.6. The number of benzene rings is 2. The van der Waals surface area contributed by atoms with Crippen molar-refractivity contribution < 1.29 is 14.6 Å². The Morgan fingerprint density at radius 3 is 1.98 bits per heavy atom. The Morgan fingerprint density at radius 1 is 0.951 bits per heavy atom. The highest BCUT2D eigenvalue weighted by molar-refractivity contribution is 8.13. The molecule has 7 nitrogen and oxygen atoms in total. The van der Waals surface area contributed by atoms with E-state index in [0.717, 1.165) is 60.5 Å². The van der Waals surface area contributed by atoms with Crippen LogP contribution in [0.15, 0.2) is 53.5 Å². The number of hydrogen-bond donors (Lipinski definition) is 4. The van der Waals surface area contributed by atoms with Crippen LogP contribution in [0.1, 0.15) is 53.7 Å². The predicted octanol–water partition coefficient (Wildman–Crippen LogP) is 5.95. The summed E-state index contributed by atoms with van der Waals surface area (Å²) < 4.78 is 10.7. The van der Waals surface area contributed by atoms with Crippen molar-refractivity contribution in [3.05, 3.63) is 59.7 Å². The van der Waals surface area contributed by atoms with Gasteiger partial charge in [0.15, 0.2) is 10.3 Å². The normalized spacial score (nSPS) is 13.6. The van der Waals surface area contributed by atoms with E-state index in [1.807, 2.05) is 68.1 Å². The van der Waals surface area contributed by atoms with Gasteiger partial charge in [-0.15, -0.1) is 0 Å². The monoisotopic (exact) mass is 606 g/mol. The number of ether oxygens (including phenoxy) is 2. The van der Waals surface area contributed by atoms with E-state index in [2.05, 4.69) is 40.9 Å². The van der Waals surface area contributed by atoms with Gasteiger partial charge in [-0.05, 0) is 53.7 Å². The average Bonchev–Trinajstić information content (AvgIpc) is 2.94. The molecule has 2 aromatic rings. The molecule has 0 atom stereocenters. The smallest absolute Gasteiger partial charge is 0.166 e. The number of aliphatic hydroxyl groups is 1. The SMILES string of the molecule is C.C.COc1ccccc1CCNC(=S)NCC(C)(C)CO.COc1ccccc1CCNC1=NCC(C)(C)CS1. The fourth-order valence-corrected chi connectivity index (χ4v) is 4.77. The number of rotatable bonds is 11. The van der Waals surface area contributed by atoms with Crippen LogP contribution in [0.2, 0.25) is 0 Å². The maximum atomic E-state index is 9.17. The minimum Gasteiger partial charge on any atom is -0.496 e. The van der Waals surface area contributed by atoms with Crippen LogP contribution in [-0.4, -0.2) is 68.1 Å². The second kappa shape index (κ2) is 19.6. The molecular weight excluding hydrogens is 553 g/mol. The molecule has 232 valence electrons. The highest BCUT2D eigenvalue weighted by Gasteiger charge is 2.23. The Kier molecular flexibility index (Phi) is 18.4. The first-order valence-electron chi connectivity index (χ1n) is 13.4. The van der Waals surface area contributed by atoms with Crippen molar-refractivity contribution in [1.29, 1.82) is 0 Å². The Balaban J connectivity index is 0.000000745. The number of thiocarbonyl (C=S) groups is 1.